The van der Waals surface area contributed by atoms with Crippen LogP contribution in [0, 0.1) is 11.7 Å². The summed E-state index contributed by atoms with van der Waals surface area (Å²) in [5.41, 5.74) is 0.552. The molecule has 0 bridgehead atoms. The van der Waals surface area contributed by atoms with Gasteiger partial charge in [-0.1, -0.05) is 13.8 Å². The van der Waals surface area contributed by atoms with Crippen molar-refractivity contribution in [1.82, 2.24) is 9.97 Å². The van der Waals surface area contributed by atoms with Crippen molar-refractivity contribution >= 4 is 17.0 Å². The monoisotopic (exact) mass is 265 g/mol. The van der Waals surface area contributed by atoms with Gasteiger partial charge in [0.25, 0.3) is 0 Å². The third-order valence-electron chi connectivity index (χ3n) is 2.93. The molecule has 1 aromatic heterocycles. The number of rotatable bonds is 5. The van der Waals surface area contributed by atoms with Crippen LogP contribution in [0.5, 0.6) is 0 Å². The number of benzene rings is 1. The van der Waals surface area contributed by atoms with Gasteiger partial charge in [0.2, 0.25) is 5.95 Å². The van der Waals surface area contributed by atoms with Gasteiger partial charge >= 0.3 is 0 Å². The Balaban J connectivity index is 2.05. The number of nitrogens with zero attached hydrogens (tertiary/aromatic N) is 1. The second-order valence-corrected chi connectivity index (χ2v) is 5.70. The minimum Gasteiger partial charge on any atom is -0.388 e. The molecule has 3 N–H and O–H groups in total. The Bertz CT molecular complexity index is 563. The fraction of sp³-hybridized carbons (Fsp3) is 0.500. The molecule has 0 spiro atoms. The number of hydrogen-bond acceptors (Lipinski definition) is 3. The molecule has 1 atom stereocenters. The number of anilines is 1. The van der Waals surface area contributed by atoms with Gasteiger partial charge in [-0.25, -0.2) is 9.37 Å². The molecule has 1 unspecified atom stereocenters. The van der Waals surface area contributed by atoms with E-state index >= 15 is 0 Å². The molecule has 19 heavy (non-hydrogen) atoms. The maximum Gasteiger partial charge on any atom is 0.201 e. The van der Waals surface area contributed by atoms with E-state index in [1.165, 1.54) is 12.1 Å². The van der Waals surface area contributed by atoms with Crippen molar-refractivity contribution in [2.75, 3.05) is 11.9 Å². The Morgan fingerprint density at radius 2 is 2.21 bits per heavy atom. The van der Waals surface area contributed by atoms with Crippen LogP contribution in [0.15, 0.2) is 18.2 Å². The molecule has 104 valence electrons. The average Bonchev–Trinajstić information content (AvgIpc) is 2.66. The van der Waals surface area contributed by atoms with Gasteiger partial charge in [0.15, 0.2) is 0 Å². The minimum atomic E-state index is -0.793. The second kappa shape index (κ2) is 5.17. The molecule has 0 saturated heterocycles. The fourth-order valence-electron chi connectivity index (χ4n) is 2.29. The summed E-state index contributed by atoms with van der Waals surface area (Å²) >= 11 is 0. The molecule has 1 heterocycles. The van der Waals surface area contributed by atoms with Gasteiger partial charge < -0.3 is 15.4 Å². The van der Waals surface area contributed by atoms with E-state index in [0.717, 1.165) is 0 Å². The SMILES string of the molecule is CC(C)CC(C)(O)CNc1nc2ccc(F)cc2[nH]1. The number of aliphatic hydroxyl groups is 1. The van der Waals surface area contributed by atoms with Gasteiger partial charge in [0, 0.05) is 6.54 Å². The topological polar surface area (TPSA) is 60.9 Å². The molecule has 0 aliphatic rings. The minimum absolute atomic E-state index is 0.297. The molecule has 0 radical (unpaired) electrons. The van der Waals surface area contributed by atoms with Crippen LogP contribution in [-0.2, 0) is 0 Å². The zero-order chi connectivity index (χ0) is 14.0. The van der Waals surface area contributed by atoms with E-state index in [2.05, 4.69) is 29.1 Å². The van der Waals surface area contributed by atoms with Gasteiger partial charge in [-0.2, -0.15) is 0 Å². The van der Waals surface area contributed by atoms with Gasteiger partial charge in [-0.15, -0.1) is 0 Å². The highest BCUT2D eigenvalue weighted by Crippen LogP contribution is 2.19. The molecule has 2 aromatic rings. The zero-order valence-corrected chi connectivity index (χ0v) is 11.5. The lowest BCUT2D eigenvalue weighted by Crippen LogP contribution is -2.35. The first-order valence-electron chi connectivity index (χ1n) is 6.47. The Labute approximate surface area is 112 Å². The van der Waals surface area contributed by atoms with Crippen molar-refractivity contribution in [1.29, 1.82) is 0 Å². The lowest BCUT2D eigenvalue weighted by molar-refractivity contribution is 0.0514. The largest absolute Gasteiger partial charge is 0.388 e. The quantitative estimate of drug-likeness (QED) is 0.779. The van der Waals surface area contributed by atoms with Gasteiger partial charge in [0.05, 0.1) is 16.6 Å². The summed E-state index contributed by atoms with van der Waals surface area (Å²) in [6.07, 6.45) is 0.703. The average molecular weight is 265 g/mol. The number of aromatic nitrogens is 2. The first-order chi connectivity index (χ1) is 8.85. The maximum atomic E-state index is 13.1. The summed E-state index contributed by atoms with van der Waals surface area (Å²) in [6, 6.07) is 4.40. The summed E-state index contributed by atoms with van der Waals surface area (Å²) in [4.78, 5) is 7.28. The van der Waals surface area contributed by atoms with Crippen molar-refractivity contribution in [3.8, 4) is 0 Å². The number of hydrogen-bond donors (Lipinski definition) is 3. The van der Waals surface area contributed by atoms with Crippen LogP contribution >= 0.6 is 0 Å². The first-order valence-corrected chi connectivity index (χ1v) is 6.47. The summed E-state index contributed by atoms with van der Waals surface area (Å²) in [5.74, 6) is 0.667. The molecule has 4 nitrogen and oxygen atoms in total. The van der Waals surface area contributed by atoms with E-state index in [0.29, 0.717) is 35.9 Å². The second-order valence-electron chi connectivity index (χ2n) is 5.70. The number of halogens is 1. The maximum absolute atomic E-state index is 13.1. The molecular weight excluding hydrogens is 245 g/mol. The number of H-pyrrole nitrogens is 1. The van der Waals surface area contributed by atoms with Crippen LogP contribution in [0.1, 0.15) is 27.2 Å². The van der Waals surface area contributed by atoms with Gasteiger partial charge in [-0.05, 0) is 37.5 Å². The first kappa shape index (κ1) is 13.8. The Hall–Kier alpha value is -1.62. The Morgan fingerprint density at radius 1 is 1.47 bits per heavy atom. The molecule has 2 rings (SSSR count). The molecule has 0 aliphatic carbocycles. The summed E-state index contributed by atoms with van der Waals surface area (Å²) in [5, 5.41) is 13.3. The van der Waals surface area contributed by atoms with Crippen LogP contribution in [0.3, 0.4) is 0 Å². The van der Waals surface area contributed by atoms with Crippen LogP contribution in [0.4, 0.5) is 10.3 Å². The Morgan fingerprint density at radius 3 is 2.89 bits per heavy atom. The number of aromatic amines is 1. The van der Waals surface area contributed by atoms with E-state index < -0.39 is 5.60 Å². The van der Waals surface area contributed by atoms with E-state index in [-0.39, 0.29) is 5.82 Å². The molecular formula is C14H20FN3O. The highest BCUT2D eigenvalue weighted by atomic mass is 19.1. The summed E-state index contributed by atoms with van der Waals surface area (Å²) in [7, 11) is 0. The molecule has 1 aromatic carbocycles. The van der Waals surface area contributed by atoms with Crippen LogP contribution in [0.25, 0.3) is 11.0 Å². The fourth-order valence-corrected chi connectivity index (χ4v) is 2.29. The highest BCUT2D eigenvalue weighted by molar-refractivity contribution is 5.77. The number of nitrogens with one attached hydrogen (secondary N) is 2. The normalized spacial score (nSPS) is 14.8. The van der Waals surface area contributed by atoms with Gasteiger partial charge in [0.1, 0.15) is 5.82 Å². The summed E-state index contributed by atoms with van der Waals surface area (Å²) < 4.78 is 13.1. The zero-order valence-electron chi connectivity index (χ0n) is 11.5. The lowest BCUT2D eigenvalue weighted by Gasteiger charge is -2.25. The molecule has 0 fully saturated rings. The van der Waals surface area contributed by atoms with Crippen molar-refractivity contribution < 1.29 is 9.50 Å². The standard InChI is InChI=1S/C14H20FN3O/c1-9(2)7-14(3,19)8-16-13-17-11-5-4-10(15)6-12(11)18-13/h4-6,9,19H,7-8H2,1-3H3,(H2,16,17,18). The van der Waals surface area contributed by atoms with Crippen LogP contribution < -0.4 is 5.32 Å². The van der Waals surface area contributed by atoms with E-state index in [1.54, 1.807) is 13.0 Å². The molecule has 0 aliphatic heterocycles. The van der Waals surface area contributed by atoms with Crippen molar-refractivity contribution in [2.24, 2.45) is 5.92 Å². The van der Waals surface area contributed by atoms with Crippen molar-refractivity contribution in [2.45, 2.75) is 32.8 Å². The number of fused-ring (bicyclic) bond motifs is 1. The Kier molecular flexibility index (Phi) is 3.75. The predicted molar refractivity (Wildman–Crippen MR) is 74.6 cm³/mol. The van der Waals surface area contributed by atoms with Gasteiger partial charge in [-0.3, -0.25) is 0 Å². The predicted octanol–water partition coefficient (Wildman–Crippen LogP) is 2.91. The van der Waals surface area contributed by atoms with Crippen LogP contribution in [0.2, 0.25) is 0 Å². The van der Waals surface area contributed by atoms with Crippen molar-refractivity contribution in [3.63, 3.8) is 0 Å². The third kappa shape index (κ3) is 3.67. The summed E-state index contributed by atoms with van der Waals surface area (Å²) in [6.45, 7) is 6.33. The lowest BCUT2D eigenvalue weighted by atomic mass is 9.94. The highest BCUT2D eigenvalue weighted by Gasteiger charge is 2.21. The third-order valence-corrected chi connectivity index (χ3v) is 2.93. The molecule has 5 heteroatoms. The smallest absolute Gasteiger partial charge is 0.201 e. The molecule has 0 amide bonds. The van der Waals surface area contributed by atoms with E-state index in [9.17, 15) is 9.50 Å². The van der Waals surface area contributed by atoms with Crippen molar-refractivity contribution in [3.05, 3.63) is 24.0 Å². The molecule has 0 saturated carbocycles. The number of imidazole rings is 1. The van der Waals surface area contributed by atoms with E-state index in [4.69, 9.17) is 0 Å². The van der Waals surface area contributed by atoms with E-state index in [1.807, 2.05) is 0 Å². The van der Waals surface area contributed by atoms with Crippen LogP contribution in [-0.4, -0.2) is 27.2 Å².